The van der Waals surface area contributed by atoms with Crippen LogP contribution in [0.4, 0.5) is 19.0 Å². The second-order valence-corrected chi connectivity index (χ2v) is 10.2. The number of aromatic hydroxyl groups is 1. The second kappa shape index (κ2) is 7.94. The van der Waals surface area contributed by atoms with E-state index in [0.717, 1.165) is 25.0 Å². The maximum Gasteiger partial charge on any atom is 0.416 e. The first-order chi connectivity index (χ1) is 14.5. The number of rotatable bonds is 3. The van der Waals surface area contributed by atoms with Crippen molar-refractivity contribution >= 4 is 15.7 Å². The van der Waals surface area contributed by atoms with Gasteiger partial charge in [-0.05, 0) is 43.0 Å². The van der Waals surface area contributed by atoms with Crippen LogP contribution in [0.1, 0.15) is 42.4 Å². The van der Waals surface area contributed by atoms with Crippen molar-refractivity contribution in [3.05, 3.63) is 34.9 Å². The van der Waals surface area contributed by atoms with Gasteiger partial charge in [-0.1, -0.05) is 12.8 Å². The molecular formula is C20H22F3N3O4S. The molecule has 168 valence electrons. The quantitative estimate of drug-likeness (QED) is 0.649. The van der Waals surface area contributed by atoms with Crippen LogP contribution in [-0.4, -0.2) is 46.7 Å². The zero-order valence-electron chi connectivity index (χ0n) is 16.5. The van der Waals surface area contributed by atoms with Crippen LogP contribution in [0, 0.1) is 0 Å². The first kappa shape index (κ1) is 21.8. The van der Waals surface area contributed by atoms with E-state index < -0.39 is 33.4 Å². The fraction of sp³-hybridized carbons (Fsp3) is 0.500. The topological polar surface area (TPSA) is 112 Å². The van der Waals surface area contributed by atoms with Gasteiger partial charge < -0.3 is 15.5 Å². The highest BCUT2D eigenvalue weighted by atomic mass is 32.2. The number of aromatic nitrogens is 2. The van der Waals surface area contributed by atoms with Crippen LogP contribution in [0.15, 0.2) is 18.2 Å². The van der Waals surface area contributed by atoms with Crippen molar-refractivity contribution in [3.63, 3.8) is 0 Å². The zero-order chi connectivity index (χ0) is 22.4. The maximum absolute atomic E-state index is 12.9. The molecule has 31 heavy (non-hydrogen) atoms. The van der Waals surface area contributed by atoms with Crippen LogP contribution in [0.2, 0.25) is 0 Å². The van der Waals surface area contributed by atoms with Crippen molar-refractivity contribution in [1.29, 1.82) is 0 Å². The summed E-state index contributed by atoms with van der Waals surface area (Å²) in [6.07, 6.45) is -1.95. The van der Waals surface area contributed by atoms with E-state index in [4.69, 9.17) is 0 Å². The standard InChI is InChI=1S/C20H22F3N3O4S/c21-20(22,23)11-5-6-13(17(28)9-11)18-12-7-8-31(29,30)10-14(12)19(26-25-18)24-15-3-1-2-4-16(15)27/h5-6,9,15-16,27-28H,1-4,7-8,10H2,(H,24,26)/t15-,16-/m1/s1. The SMILES string of the molecule is O=S1(=O)CCc2c(-c3ccc(C(F)(F)F)cc3O)nnc(N[C@@H]3CCCC[C@H]3O)c2C1. The third kappa shape index (κ3) is 4.47. The lowest BCUT2D eigenvalue weighted by atomic mass is 9.92. The monoisotopic (exact) mass is 457 g/mol. The molecule has 7 nitrogen and oxygen atoms in total. The van der Waals surface area contributed by atoms with Crippen molar-refractivity contribution < 1.29 is 31.8 Å². The Kier molecular flexibility index (Phi) is 5.59. The molecule has 3 N–H and O–H groups in total. The summed E-state index contributed by atoms with van der Waals surface area (Å²) in [4.78, 5) is 0. The fourth-order valence-electron chi connectivity index (χ4n) is 4.18. The minimum atomic E-state index is -4.61. The molecule has 4 rings (SSSR count). The van der Waals surface area contributed by atoms with E-state index in [1.807, 2.05) is 0 Å². The first-order valence-electron chi connectivity index (χ1n) is 9.99. The number of hydrogen-bond donors (Lipinski definition) is 3. The lowest BCUT2D eigenvalue weighted by molar-refractivity contribution is -0.137. The van der Waals surface area contributed by atoms with Crippen molar-refractivity contribution in [2.24, 2.45) is 0 Å². The van der Waals surface area contributed by atoms with E-state index >= 15 is 0 Å². The van der Waals surface area contributed by atoms with Crippen molar-refractivity contribution in [2.45, 2.75) is 56.2 Å². The minimum Gasteiger partial charge on any atom is -0.507 e. The molecular weight excluding hydrogens is 435 g/mol. The second-order valence-electron chi connectivity index (χ2n) is 8.03. The Bertz CT molecular complexity index is 1110. The average molecular weight is 457 g/mol. The number of aliphatic hydroxyl groups is 1. The van der Waals surface area contributed by atoms with Gasteiger partial charge in [0.2, 0.25) is 0 Å². The van der Waals surface area contributed by atoms with Gasteiger partial charge in [-0.15, -0.1) is 10.2 Å². The van der Waals surface area contributed by atoms with Gasteiger partial charge in [-0.25, -0.2) is 8.42 Å². The van der Waals surface area contributed by atoms with Crippen LogP contribution in [0.3, 0.4) is 0 Å². The minimum absolute atomic E-state index is 0.0558. The number of benzene rings is 1. The number of aliphatic hydroxyl groups excluding tert-OH is 1. The molecule has 11 heteroatoms. The molecule has 0 amide bonds. The Balaban J connectivity index is 1.77. The van der Waals surface area contributed by atoms with Crippen LogP contribution >= 0.6 is 0 Å². The van der Waals surface area contributed by atoms with Gasteiger partial charge in [0.25, 0.3) is 0 Å². The predicted octanol–water partition coefficient (Wildman–Crippen LogP) is 3.05. The highest BCUT2D eigenvalue weighted by Gasteiger charge is 2.33. The number of hydrogen-bond acceptors (Lipinski definition) is 7. The summed E-state index contributed by atoms with van der Waals surface area (Å²) in [5.41, 5.74) is 0.120. The van der Waals surface area contributed by atoms with Crippen LogP contribution in [0.25, 0.3) is 11.3 Å². The Labute approximate surface area is 177 Å². The van der Waals surface area contributed by atoms with E-state index in [-0.39, 0.29) is 41.0 Å². The van der Waals surface area contributed by atoms with Crippen LogP contribution in [-0.2, 0) is 28.2 Å². The third-order valence-electron chi connectivity index (χ3n) is 5.85. The fourth-order valence-corrected chi connectivity index (χ4v) is 5.59. The molecule has 2 aromatic rings. The van der Waals surface area contributed by atoms with E-state index in [0.29, 0.717) is 30.0 Å². The molecule has 0 bridgehead atoms. The number of phenolic OH excluding ortho intramolecular Hbond substituents is 1. The molecule has 1 aliphatic carbocycles. The zero-order valence-corrected chi connectivity index (χ0v) is 17.3. The molecule has 0 saturated heterocycles. The molecule has 1 aromatic heterocycles. The molecule has 0 radical (unpaired) electrons. The molecule has 1 aliphatic heterocycles. The molecule has 2 aliphatic rings. The molecule has 1 aromatic carbocycles. The van der Waals surface area contributed by atoms with Crippen LogP contribution in [0.5, 0.6) is 5.75 Å². The number of halogens is 3. The van der Waals surface area contributed by atoms with Gasteiger partial charge >= 0.3 is 6.18 Å². The van der Waals surface area contributed by atoms with Gasteiger partial charge in [0, 0.05) is 11.1 Å². The maximum atomic E-state index is 12.9. The van der Waals surface area contributed by atoms with Gasteiger partial charge in [-0.2, -0.15) is 13.2 Å². The number of nitrogens with zero attached hydrogens (tertiary/aromatic N) is 2. The van der Waals surface area contributed by atoms with E-state index in [1.54, 1.807) is 0 Å². The van der Waals surface area contributed by atoms with Crippen molar-refractivity contribution in [3.8, 4) is 17.0 Å². The largest absolute Gasteiger partial charge is 0.507 e. The summed E-state index contributed by atoms with van der Waals surface area (Å²) in [6.45, 7) is 0. The van der Waals surface area contributed by atoms with Crippen molar-refractivity contribution in [2.75, 3.05) is 11.1 Å². The summed E-state index contributed by atoms with van der Waals surface area (Å²) in [5, 5.41) is 31.8. The smallest absolute Gasteiger partial charge is 0.416 e. The third-order valence-corrected chi connectivity index (χ3v) is 7.40. The van der Waals surface area contributed by atoms with Gasteiger partial charge in [-0.3, -0.25) is 0 Å². The van der Waals surface area contributed by atoms with Gasteiger partial charge in [0.15, 0.2) is 15.7 Å². The normalized spacial score (nSPS) is 23.2. The lowest BCUT2D eigenvalue weighted by Crippen LogP contribution is -2.37. The van der Waals surface area contributed by atoms with Gasteiger partial charge in [0.1, 0.15) is 11.4 Å². The summed E-state index contributed by atoms with van der Waals surface area (Å²) < 4.78 is 63.4. The Morgan fingerprint density at radius 2 is 1.84 bits per heavy atom. The Hall–Kier alpha value is -2.40. The Morgan fingerprint density at radius 1 is 1.10 bits per heavy atom. The number of fused-ring (bicyclic) bond motifs is 1. The Morgan fingerprint density at radius 3 is 2.52 bits per heavy atom. The van der Waals surface area contributed by atoms with E-state index in [1.165, 1.54) is 0 Å². The summed E-state index contributed by atoms with van der Waals surface area (Å²) in [6, 6.07) is 2.28. The number of nitrogens with one attached hydrogen (secondary N) is 1. The summed E-state index contributed by atoms with van der Waals surface area (Å²) in [5.74, 6) is -0.786. The lowest BCUT2D eigenvalue weighted by Gasteiger charge is -2.30. The summed E-state index contributed by atoms with van der Waals surface area (Å²) in [7, 11) is -3.39. The highest BCUT2D eigenvalue weighted by molar-refractivity contribution is 7.90. The highest BCUT2D eigenvalue weighted by Crippen LogP contribution is 2.40. The number of phenols is 1. The molecule has 0 spiro atoms. The van der Waals surface area contributed by atoms with Crippen LogP contribution < -0.4 is 5.32 Å². The number of sulfone groups is 1. The summed E-state index contributed by atoms with van der Waals surface area (Å²) >= 11 is 0. The molecule has 1 saturated carbocycles. The first-order valence-corrected chi connectivity index (χ1v) is 11.8. The van der Waals surface area contributed by atoms with E-state index in [9.17, 15) is 31.8 Å². The predicted molar refractivity (Wildman–Crippen MR) is 107 cm³/mol. The molecule has 2 atom stereocenters. The average Bonchev–Trinajstić information content (AvgIpc) is 2.69. The van der Waals surface area contributed by atoms with Gasteiger partial charge in [0.05, 0.1) is 29.2 Å². The number of alkyl halides is 3. The molecule has 2 heterocycles. The molecule has 1 fully saturated rings. The molecule has 0 unspecified atom stereocenters. The van der Waals surface area contributed by atoms with E-state index in [2.05, 4.69) is 15.5 Å². The van der Waals surface area contributed by atoms with Crippen molar-refractivity contribution in [1.82, 2.24) is 10.2 Å². The number of anilines is 1.